The van der Waals surface area contributed by atoms with Crippen molar-refractivity contribution in [2.75, 3.05) is 29.4 Å². The minimum Gasteiger partial charge on any atom is -0.356 e. The number of aromatic nitrogens is 2. The number of ketones is 1. The summed E-state index contributed by atoms with van der Waals surface area (Å²) >= 11 is 0. The Morgan fingerprint density at radius 1 is 1.26 bits per heavy atom. The highest BCUT2D eigenvalue weighted by molar-refractivity contribution is 5.76. The Hall–Kier alpha value is -1.79. The van der Waals surface area contributed by atoms with E-state index in [4.69, 9.17) is 4.98 Å². The maximum atomic E-state index is 14.7. The summed E-state index contributed by atoms with van der Waals surface area (Å²) in [5.41, 5.74) is 0.598. The van der Waals surface area contributed by atoms with Crippen molar-refractivity contribution in [3.8, 4) is 0 Å². The van der Waals surface area contributed by atoms with Crippen LogP contribution in [-0.4, -0.2) is 41.4 Å². The van der Waals surface area contributed by atoms with Gasteiger partial charge >= 0.3 is 0 Å². The van der Waals surface area contributed by atoms with E-state index in [2.05, 4.69) is 16.8 Å². The van der Waals surface area contributed by atoms with Crippen molar-refractivity contribution in [2.24, 2.45) is 17.8 Å². The molecule has 146 valence electrons. The number of halogens is 2. The second-order valence-electron chi connectivity index (χ2n) is 8.87. The van der Waals surface area contributed by atoms with Gasteiger partial charge in [0.25, 0.3) is 5.92 Å². The number of hydrogen-bond acceptors (Lipinski definition) is 5. The fourth-order valence-corrected chi connectivity index (χ4v) is 5.26. The van der Waals surface area contributed by atoms with E-state index in [0.717, 1.165) is 31.9 Å². The summed E-state index contributed by atoms with van der Waals surface area (Å²) in [7, 11) is 0. The van der Waals surface area contributed by atoms with Gasteiger partial charge in [-0.25, -0.2) is 4.98 Å². The van der Waals surface area contributed by atoms with E-state index in [1.807, 2.05) is 4.90 Å². The van der Waals surface area contributed by atoms with Gasteiger partial charge in [0, 0.05) is 44.1 Å². The van der Waals surface area contributed by atoms with Gasteiger partial charge in [-0.05, 0) is 50.9 Å². The highest BCUT2D eigenvalue weighted by Gasteiger charge is 2.56. The molecule has 27 heavy (non-hydrogen) atoms. The van der Waals surface area contributed by atoms with Crippen LogP contribution in [0.5, 0.6) is 0 Å². The van der Waals surface area contributed by atoms with Crippen molar-refractivity contribution >= 4 is 17.5 Å². The third kappa shape index (κ3) is 2.72. The lowest BCUT2D eigenvalue weighted by molar-refractivity contribution is -0.117. The summed E-state index contributed by atoms with van der Waals surface area (Å²) in [4.78, 5) is 24.8. The van der Waals surface area contributed by atoms with Crippen LogP contribution in [0.15, 0.2) is 0 Å². The van der Waals surface area contributed by atoms with Crippen molar-refractivity contribution in [3.63, 3.8) is 0 Å². The Bertz CT molecular complexity index is 786. The maximum Gasteiger partial charge on any atom is 0.290 e. The minimum atomic E-state index is -2.87. The minimum absolute atomic E-state index is 0.0475. The molecule has 3 heterocycles. The zero-order valence-electron chi connectivity index (χ0n) is 15.9. The number of nitrogens with zero attached hydrogens (tertiary/aromatic N) is 4. The average Bonchev–Trinajstić information content (AvgIpc) is 3.03. The number of fused-ring (bicyclic) bond motifs is 2. The van der Waals surface area contributed by atoms with Crippen LogP contribution < -0.4 is 9.80 Å². The smallest absolute Gasteiger partial charge is 0.290 e. The number of hydrogen-bond donors (Lipinski definition) is 0. The van der Waals surface area contributed by atoms with E-state index in [1.54, 1.807) is 6.92 Å². The van der Waals surface area contributed by atoms with Crippen molar-refractivity contribution in [1.82, 2.24) is 9.97 Å². The van der Waals surface area contributed by atoms with Gasteiger partial charge in [-0.1, -0.05) is 0 Å². The first-order valence-electron chi connectivity index (χ1n) is 10.2. The molecule has 4 aliphatic rings. The molecule has 0 amide bonds. The first kappa shape index (κ1) is 17.3. The molecule has 0 bridgehead atoms. The van der Waals surface area contributed by atoms with Crippen LogP contribution in [0, 0.1) is 17.8 Å². The molecule has 1 aromatic heterocycles. The maximum absolute atomic E-state index is 14.7. The van der Waals surface area contributed by atoms with Gasteiger partial charge < -0.3 is 14.6 Å². The molecule has 0 radical (unpaired) electrons. The van der Waals surface area contributed by atoms with E-state index in [1.165, 1.54) is 0 Å². The average molecular weight is 376 g/mol. The van der Waals surface area contributed by atoms with Crippen LogP contribution in [-0.2, 0) is 17.1 Å². The molecule has 4 atom stereocenters. The lowest BCUT2D eigenvalue weighted by Crippen LogP contribution is -2.47. The molecule has 3 fully saturated rings. The van der Waals surface area contributed by atoms with Crippen molar-refractivity contribution in [3.05, 3.63) is 11.3 Å². The number of rotatable bonds is 4. The Kier molecular flexibility index (Phi) is 3.75. The largest absolute Gasteiger partial charge is 0.356 e. The molecule has 0 N–H and O–H groups in total. The Labute approximate surface area is 158 Å². The van der Waals surface area contributed by atoms with Crippen molar-refractivity contribution in [1.29, 1.82) is 0 Å². The topological polar surface area (TPSA) is 49.3 Å². The lowest BCUT2D eigenvalue weighted by atomic mass is 9.92. The van der Waals surface area contributed by atoms with E-state index in [-0.39, 0.29) is 17.9 Å². The number of carbonyl (C=O) groups excluding carboxylic acids is 1. The molecular formula is C20H26F2N4O. The number of Topliss-reactive ketones (excluding diaryl/α,β-unsaturated/α-hetero) is 1. The van der Waals surface area contributed by atoms with Crippen molar-refractivity contribution in [2.45, 2.75) is 57.9 Å². The summed E-state index contributed by atoms with van der Waals surface area (Å²) in [6.07, 6.45) is 2.67. The SMILES string of the molecule is CC(=O)CC1[C@H]2CN(c3nc(N4CC[C@H]4C)nc4c3CCCC4(F)F)C[C@@H]12. The molecule has 1 aromatic rings. The third-order valence-electron chi connectivity index (χ3n) is 7.01. The predicted octanol–water partition coefficient (Wildman–Crippen LogP) is 3.16. The van der Waals surface area contributed by atoms with Gasteiger partial charge in [0.15, 0.2) is 0 Å². The summed E-state index contributed by atoms with van der Waals surface area (Å²) < 4.78 is 29.3. The fraction of sp³-hybridized carbons (Fsp3) is 0.750. The van der Waals surface area contributed by atoms with Gasteiger partial charge in [-0.15, -0.1) is 0 Å². The first-order valence-corrected chi connectivity index (χ1v) is 10.2. The normalized spacial score (nSPS) is 33.3. The molecular weight excluding hydrogens is 350 g/mol. The van der Waals surface area contributed by atoms with Gasteiger partial charge in [0.1, 0.15) is 17.3 Å². The molecule has 2 aliphatic heterocycles. The van der Waals surface area contributed by atoms with Crippen LogP contribution in [0.1, 0.15) is 50.8 Å². The summed E-state index contributed by atoms with van der Waals surface area (Å²) in [5, 5.41) is 0. The van der Waals surface area contributed by atoms with Crippen LogP contribution in [0.3, 0.4) is 0 Å². The summed E-state index contributed by atoms with van der Waals surface area (Å²) in [6.45, 7) is 6.22. The molecule has 7 heteroatoms. The van der Waals surface area contributed by atoms with Gasteiger partial charge in [0.05, 0.1) is 0 Å². The Morgan fingerprint density at radius 2 is 2.00 bits per heavy atom. The van der Waals surface area contributed by atoms with E-state index < -0.39 is 5.92 Å². The van der Waals surface area contributed by atoms with E-state index in [0.29, 0.717) is 54.6 Å². The molecule has 2 saturated heterocycles. The van der Waals surface area contributed by atoms with Crippen LogP contribution >= 0.6 is 0 Å². The predicted molar refractivity (Wildman–Crippen MR) is 98.3 cm³/mol. The molecule has 0 spiro atoms. The fourth-order valence-electron chi connectivity index (χ4n) is 5.26. The van der Waals surface area contributed by atoms with Gasteiger partial charge in [-0.3, -0.25) is 0 Å². The summed E-state index contributed by atoms with van der Waals surface area (Å²) in [6, 6.07) is 0.306. The van der Waals surface area contributed by atoms with Crippen LogP contribution in [0.2, 0.25) is 0 Å². The number of piperidine rings is 1. The molecule has 1 saturated carbocycles. The van der Waals surface area contributed by atoms with E-state index in [9.17, 15) is 13.6 Å². The molecule has 2 aliphatic carbocycles. The molecule has 5 rings (SSSR count). The Morgan fingerprint density at radius 3 is 2.59 bits per heavy atom. The second kappa shape index (κ2) is 5.85. The van der Waals surface area contributed by atoms with E-state index >= 15 is 0 Å². The first-order chi connectivity index (χ1) is 12.8. The summed E-state index contributed by atoms with van der Waals surface area (Å²) in [5.74, 6) is 0.0625. The van der Waals surface area contributed by atoms with Crippen LogP contribution in [0.4, 0.5) is 20.5 Å². The molecule has 0 aromatic carbocycles. The van der Waals surface area contributed by atoms with Crippen LogP contribution in [0.25, 0.3) is 0 Å². The lowest BCUT2D eigenvalue weighted by Gasteiger charge is -2.40. The molecule has 1 unspecified atom stereocenters. The third-order valence-corrected chi connectivity index (χ3v) is 7.01. The zero-order chi connectivity index (χ0) is 18.9. The number of anilines is 2. The highest BCUT2D eigenvalue weighted by atomic mass is 19.3. The van der Waals surface area contributed by atoms with Gasteiger partial charge in [0.2, 0.25) is 5.95 Å². The monoisotopic (exact) mass is 376 g/mol. The Balaban J connectivity index is 1.47. The van der Waals surface area contributed by atoms with Gasteiger partial charge in [-0.2, -0.15) is 13.8 Å². The van der Waals surface area contributed by atoms with Crippen molar-refractivity contribution < 1.29 is 13.6 Å². The quantitative estimate of drug-likeness (QED) is 0.808. The highest BCUT2D eigenvalue weighted by Crippen LogP contribution is 2.55. The zero-order valence-corrected chi connectivity index (χ0v) is 15.9. The second-order valence-corrected chi connectivity index (χ2v) is 8.87. The number of carbonyl (C=O) groups is 1. The number of alkyl halides is 2. The standard InChI is InChI=1S/C20H26F2N4O/c1-11-5-7-26(11)19-23-17-13(4-3-6-20(17,21)22)18(24-19)25-9-15-14(8-12(2)27)16(15)10-25/h11,14-16H,3-10H2,1-2H3/t11-,14?,15-,16+/m1/s1. The molecule has 5 nitrogen and oxygen atoms in total.